The Kier molecular flexibility index (Phi) is 4.04. The highest BCUT2D eigenvalue weighted by Crippen LogP contribution is 2.51. The van der Waals surface area contributed by atoms with Gasteiger partial charge in [0.25, 0.3) is 0 Å². The Balaban J connectivity index is 2.54. The van der Waals surface area contributed by atoms with Gasteiger partial charge in [-0.2, -0.15) is 0 Å². The lowest BCUT2D eigenvalue weighted by Crippen LogP contribution is -2.69. The van der Waals surface area contributed by atoms with E-state index in [1.807, 2.05) is 0 Å². The fraction of sp³-hybridized carbons (Fsp3) is 1.00. The normalized spacial score (nSPS) is 36.6. The molecule has 0 radical (unpaired) electrons. The van der Waals surface area contributed by atoms with Crippen molar-refractivity contribution in [1.82, 2.24) is 5.32 Å². The lowest BCUT2D eigenvalue weighted by atomic mass is 9.55. The molecule has 0 heterocycles. The molecule has 0 amide bonds. The minimum Gasteiger partial charge on any atom is -0.380 e. The highest BCUT2D eigenvalue weighted by molar-refractivity contribution is 5.11. The maximum atomic E-state index is 5.62. The summed E-state index contributed by atoms with van der Waals surface area (Å²) in [4.78, 5) is 0. The predicted octanol–water partition coefficient (Wildman–Crippen LogP) is 2.20. The zero-order valence-electron chi connectivity index (χ0n) is 11.8. The second-order valence-electron chi connectivity index (χ2n) is 5.81. The second-order valence-corrected chi connectivity index (χ2v) is 5.81. The fourth-order valence-electron chi connectivity index (χ4n) is 2.42. The van der Waals surface area contributed by atoms with E-state index in [4.69, 9.17) is 9.47 Å². The molecule has 0 aromatic carbocycles. The summed E-state index contributed by atoms with van der Waals surface area (Å²) in [7, 11) is 3.56. The zero-order chi connectivity index (χ0) is 12.6. The molecule has 96 valence electrons. The standard InChI is InChI=1S/C13H27NO2/c1-9(10(2)15-6)14-11-8-13(5,16-7)12(11,3)4/h9-11,14H,8H2,1-7H3. The minimum atomic E-state index is 0.000691. The smallest absolute Gasteiger partial charge is 0.0731 e. The van der Waals surface area contributed by atoms with Crippen LogP contribution in [0.2, 0.25) is 0 Å². The van der Waals surface area contributed by atoms with Gasteiger partial charge in [-0.1, -0.05) is 13.8 Å². The first-order valence-corrected chi connectivity index (χ1v) is 6.12. The Hall–Kier alpha value is -0.120. The number of hydrogen-bond acceptors (Lipinski definition) is 3. The molecule has 1 N–H and O–H groups in total. The summed E-state index contributed by atoms with van der Waals surface area (Å²) in [6.45, 7) is 11.0. The fourth-order valence-corrected chi connectivity index (χ4v) is 2.42. The third-order valence-corrected chi connectivity index (χ3v) is 4.82. The van der Waals surface area contributed by atoms with E-state index in [0.29, 0.717) is 12.1 Å². The molecule has 1 aliphatic carbocycles. The van der Waals surface area contributed by atoms with Gasteiger partial charge < -0.3 is 14.8 Å². The average molecular weight is 229 g/mol. The van der Waals surface area contributed by atoms with Crippen LogP contribution >= 0.6 is 0 Å². The molecule has 0 bridgehead atoms. The van der Waals surface area contributed by atoms with Crippen molar-refractivity contribution in [3.63, 3.8) is 0 Å². The van der Waals surface area contributed by atoms with Crippen molar-refractivity contribution in [2.24, 2.45) is 5.41 Å². The SMILES string of the molecule is COC(C)C(C)NC1CC(C)(OC)C1(C)C. The monoisotopic (exact) mass is 229 g/mol. The molecule has 3 heteroatoms. The van der Waals surface area contributed by atoms with Gasteiger partial charge in [-0.05, 0) is 27.2 Å². The van der Waals surface area contributed by atoms with Crippen LogP contribution in [0.1, 0.15) is 41.0 Å². The summed E-state index contributed by atoms with van der Waals surface area (Å²) < 4.78 is 11.0. The van der Waals surface area contributed by atoms with E-state index < -0.39 is 0 Å². The largest absolute Gasteiger partial charge is 0.380 e. The van der Waals surface area contributed by atoms with Crippen molar-refractivity contribution >= 4 is 0 Å². The van der Waals surface area contributed by atoms with Gasteiger partial charge in [0.1, 0.15) is 0 Å². The molecule has 0 aromatic heterocycles. The highest BCUT2D eigenvalue weighted by atomic mass is 16.5. The van der Waals surface area contributed by atoms with Crippen molar-refractivity contribution in [3.8, 4) is 0 Å². The van der Waals surface area contributed by atoms with E-state index in [1.54, 1.807) is 14.2 Å². The van der Waals surface area contributed by atoms with Crippen LogP contribution in [0.3, 0.4) is 0 Å². The van der Waals surface area contributed by atoms with Crippen LogP contribution in [0.4, 0.5) is 0 Å². The van der Waals surface area contributed by atoms with Gasteiger partial charge in [0, 0.05) is 31.7 Å². The van der Waals surface area contributed by atoms with Crippen LogP contribution < -0.4 is 5.32 Å². The molecule has 0 aliphatic heterocycles. The van der Waals surface area contributed by atoms with Gasteiger partial charge in [-0.3, -0.25) is 0 Å². The van der Waals surface area contributed by atoms with Crippen molar-refractivity contribution in [2.75, 3.05) is 14.2 Å². The molecule has 0 spiro atoms. The molecule has 1 rings (SSSR count). The average Bonchev–Trinajstić information content (AvgIpc) is 2.26. The quantitative estimate of drug-likeness (QED) is 0.784. The van der Waals surface area contributed by atoms with Gasteiger partial charge in [-0.25, -0.2) is 0 Å². The van der Waals surface area contributed by atoms with E-state index in [1.165, 1.54) is 0 Å². The van der Waals surface area contributed by atoms with E-state index in [9.17, 15) is 0 Å². The molecule has 16 heavy (non-hydrogen) atoms. The van der Waals surface area contributed by atoms with E-state index in [-0.39, 0.29) is 17.1 Å². The molecule has 3 nitrogen and oxygen atoms in total. The first kappa shape index (κ1) is 13.9. The van der Waals surface area contributed by atoms with E-state index in [0.717, 1.165) is 6.42 Å². The Labute approximate surface area is 99.9 Å². The van der Waals surface area contributed by atoms with E-state index in [2.05, 4.69) is 39.9 Å². The highest BCUT2D eigenvalue weighted by Gasteiger charge is 2.57. The van der Waals surface area contributed by atoms with Crippen molar-refractivity contribution in [3.05, 3.63) is 0 Å². The topological polar surface area (TPSA) is 30.5 Å². The van der Waals surface area contributed by atoms with Gasteiger partial charge in [-0.15, -0.1) is 0 Å². The summed E-state index contributed by atoms with van der Waals surface area (Å²) >= 11 is 0. The number of hydrogen-bond donors (Lipinski definition) is 1. The number of nitrogens with one attached hydrogen (secondary N) is 1. The summed E-state index contributed by atoms with van der Waals surface area (Å²) in [5.41, 5.74) is 0.171. The molecule has 0 saturated heterocycles. The van der Waals surface area contributed by atoms with Gasteiger partial charge in [0.15, 0.2) is 0 Å². The lowest BCUT2D eigenvalue weighted by molar-refractivity contribution is -0.183. The van der Waals surface area contributed by atoms with E-state index >= 15 is 0 Å². The van der Waals surface area contributed by atoms with Crippen LogP contribution in [-0.2, 0) is 9.47 Å². The number of methoxy groups -OCH3 is 2. The molecule has 1 fully saturated rings. The predicted molar refractivity (Wildman–Crippen MR) is 66.7 cm³/mol. The first-order chi connectivity index (χ1) is 7.28. The van der Waals surface area contributed by atoms with Crippen LogP contribution in [-0.4, -0.2) is 38.0 Å². The van der Waals surface area contributed by atoms with Crippen molar-refractivity contribution in [2.45, 2.75) is 64.8 Å². The molecular formula is C13H27NO2. The van der Waals surface area contributed by atoms with Gasteiger partial charge in [0.2, 0.25) is 0 Å². The van der Waals surface area contributed by atoms with Crippen molar-refractivity contribution < 1.29 is 9.47 Å². The summed E-state index contributed by atoms with van der Waals surface area (Å²) in [6, 6.07) is 0.876. The molecule has 1 aliphatic rings. The van der Waals surface area contributed by atoms with Crippen LogP contribution in [0.5, 0.6) is 0 Å². The molecule has 4 unspecified atom stereocenters. The Morgan fingerprint density at radius 3 is 2.12 bits per heavy atom. The van der Waals surface area contributed by atoms with Crippen molar-refractivity contribution in [1.29, 1.82) is 0 Å². The molecule has 1 saturated carbocycles. The number of ether oxygens (including phenoxy) is 2. The third kappa shape index (κ3) is 2.13. The third-order valence-electron chi connectivity index (χ3n) is 4.82. The van der Waals surface area contributed by atoms with Crippen LogP contribution in [0.25, 0.3) is 0 Å². The Morgan fingerprint density at radius 2 is 1.75 bits per heavy atom. The van der Waals surface area contributed by atoms with Gasteiger partial charge >= 0.3 is 0 Å². The minimum absolute atomic E-state index is 0.000691. The van der Waals surface area contributed by atoms with Gasteiger partial charge in [0.05, 0.1) is 11.7 Å². The Morgan fingerprint density at radius 1 is 1.19 bits per heavy atom. The summed E-state index contributed by atoms with van der Waals surface area (Å²) in [5.74, 6) is 0. The Bertz CT molecular complexity index is 242. The second kappa shape index (κ2) is 4.63. The first-order valence-electron chi connectivity index (χ1n) is 6.12. The molecule has 4 atom stereocenters. The lowest BCUT2D eigenvalue weighted by Gasteiger charge is -2.60. The molecular weight excluding hydrogens is 202 g/mol. The maximum absolute atomic E-state index is 5.62. The number of rotatable bonds is 5. The van der Waals surface area contributed by atoms with Crippen LogP contribution in [0.15, 0.2) is 0 Å². The maximum Gasteiger partial charge on any atom is 0.0731 e. The zero-order valence-corrected chi connectivity index (χ0v) is 11.8. The summed E-state index contributed by atoms with van der Waals surface area (Å²) in [5, 5.41) is 3.64. The van der Waals surface area contributed by atoms with Crippen LogP contribution in [0, 0.1) is 5.41 Å². The molecule has 0 aromatic rings. The summed E-state index contributed by atoms with van der Waals surface area (Å²) in [6.07, 6.45) is 1.31.